The zero-order valence-corrected chi connectivity index (χ0v) is 28.7. The number of nitrogens with one attached hydrogen (secondary N) is 3. The van der Waals surface area contributed by atoms with Gasteiger partial charge in [-0.05, 0) is 37.2 Å². The van der Waals surface area contributed by atoms with Crippen molar-refractivity contribution < 1.29 is 28.7 Å². The molecule has 256 valence electrons. The largest absolute Gasteiger partial charge is 0.448 e. The van der Waals surface area contributed by atoms with E-state index in [2.05, 4.69) is 39.8 Å². The molecular weight excluding hydrogens is 655 g/mol. The Labute approximate surface area is 287 Å². The number of fused-ring (bicyclic) bond motifs is 4. The fraction of sp³-hybridized carbons (Fsp3) is 0.485. The Bertz CT molecular complexity index is 1590. The summed E-state index contributed by atoms with van der Waals surface area (Å²) in [4.78, 5) is 77.1. The minimum atomic E-state index is -0.522. The molecule has 2 aromatic heterocycles. The molecule has 1 aromatic carbocycles. The molecule has 4 heterocycles. The summed E-state index contributed by atoms with van der Waals surface area (Å²) in [6.07, 6.45) is 1.61. The molecule has 5 rings (SSSR count). The summed E-state index contributed by atoms with van der Waals surface area (Å²) in [5.41, 5.74) is 1.48. The Morgan fingerprint density at radius 1 is 0.917 bits per heavy atom. The lowest BCUT2D eigenvalue weighted by Crippen LogP contribution is -2.42. The highest BCUT2D eigenvalue weighted by atomic mass is 32.1. The number of ether oxygens (including phenoxy) is 1. The quantitative estimate of drug-likeness (QED) is 0.352. The van der Waals surface area contributed by atoms with Gasteiger partial charge in [-0.15, -0.1) is 22.7 Å². The van der Waals surface area contributed by atoms with Gasteiger partial charge in [0.2, 0.25) is 11.8 Å². The molecule has 5 amide bonds. The second-order valence-corrected chi connectivity index (χ2v) is 14.0. The maximum atomic E-state index is 13.5. The van der Waals surface area contributed by atoms with Gasteiger partial charge in [-0.25, -0.2) is 14.8 Å². The molecule has 1 fully saturated rings. The molecule has 0 saturated carbocycles. The van der Waals surface area contributed by atoms with Crippen LogP contribution in [0.15, 0.2) is 41.1 Å². The Balaban J connectivity index is 1.38. The molecule has 0 aliphatic carbocycles. The van der Waals surface area contributed by atoms with Gasteiger partial charge < -0.3 is 25.6 Å². The molecule has 15 heteroatoms. The minimum absolute atomic E-state index is 0.112. The van der Waals surface area contributed by atoms with Crippen LogP contribution in [0.5, 0.6) is 0 Å². The fourth-order valence-electron chi connectivity index (χ4n) is 5.53. The zero-order chi connectivity index (χ0) is 34.0. The third-order valence-electron chi connectivity index (χ3n) is 7.98. The SMILES string of the molecule is CC(C)C[C@@H]1NC(=O)CCCN(C(=O)CN2CCOC2=O)CCCNC(=O)c2csc(n2)[C@H](Cc2ccccc2)NC(=O)c2csc1n2. The molecule has 2 atom stereocenters. The van der Waals surface area contributed by atoms with Crippen molar-refractivity contribution in [2.45, 2.75) is 58.0 Å². The van der Waals surface area contributed by atoms with Crippen LogP contribution in [0, 0.1) is 5.92 Å². The number of hydrogen-bond donors (Lipinski definition) is 3. The van der Waals surface area contributed by atoms with Gasteiger partial charge in [0.1, 0.15) is 34.6 Å². The minimum Gasteiger partial charge on any atom is -0.448 e. The Kier molecular flexibility index (Phi) is 12.1. The van der Waals surface area contributed by atoms with E-state index in [1.165, 1.54) is 27.6 Å². The standard InChI is InChI=1S/C33H41N7O6S2/c1-21(2)16-23-31-38-26(20-48-31)30(44)36-24(17-22-8-4-3-5-9-22)32-37-25(19-47-32)29(43)34-11-7-13-39(12-6-10-27(41)35-23)28(42)18-40-14-15-46-33(40)45/h3-5,8-9,19-21,23-24H,6-7,10-18H2,1-2H3,(H,34,43)(H,35,41)(H,36,44)/t23-,24-/m0/s1. The average molecular weight is 696 g/mol. The Morgan fingerprint density at radius 3 is 2.29 bits per heavy atom. The second-order valence-electron chi connectivity index (χ2n) is 12.2. The normalized spacial score (nSPS) is 20.1. The van der Waals surface area contributed by atoms with E-state index in [0.717, 1.165) is 5.56 Å². The molecule has 2 aliphatic heterocycles. The molecule has 0 spiro atoms. The van der Waals surface area contributed by atoms with Crippen LogP contribution in [-0.4, -0.2) is 88.8 Å². The van der Waals surface area contributed by atoms with Crippen molar-refractivity contribution in [2.75, 3.05) is 39.3 Å². The Morgan fingerprint density at radius 2 is 1.60 bits per heavy atom. The summed E-state index contributed by atoms with van der Waals surface area (Å²) in [6.45, 7) is 5.51. The lowest BCUT2D eigenvalue weighted by atomic mass is 10.0. The van der Waals surface area contributed by atoms with Crippen molar-refractivity contribution in [1.29, 1.82) is 0 Å². The average Bonchev–Trinajstić information content (AvgIpc) is 3.83. The fourth-order valence-corrected chi connectivity index (χ4v) is 7.24. The first-order chi connectivity index (χ1) is 23.2. The van der Waals surface area contributed by atoms with E-state index in [1.54, 1.807) is 15.7 Å². The Hall–Kier alpha value is -4.37. The lowest BCUT2D eigenvalue weighted by Gasteiger charge is -2.25. The van der Waals surface area contributed by atoms with E-state index < -0.39 is 12.1 Å². The molecule has 4 bridgehead atoms. The number of cyclic esters (lactones) is 1. The maximum Gasteiger partial charge on any atom is 0.410 e. The van der Waals surface area contributed by atoms with Gasteiger partial charge >= 0.3 is 6.09 Å². The number of amides is 5. The second kappa shape index (κ2) is 16.6. The van der Waals surface area contributed by atoms with E-state index in [-0.39, 0.29) is 73.1 Å². The number of thiazole rings is 2. The molecule has 2 aliphatic rings. The predicted octanol–water partition coefficient (Wildman–Crippen LogP) is 3.71. The summed E-state index contributed by atoms with van der Waals surface area (Å²) in [7, 11) is 0. The van der Waals surface area contributed by atoms with Crippen LogP contribution in [0.3, 0.4) is 0 Å². The van der Waals surface area contributed by atoms with Crippen molar-refractivity contribution in [2.24, 2.45) is 5.92 Å². The molecule has 1 saturated heterocycles. The summed E-state index contributed by atoms with van der Waals surface area (Å²) >= 11 is 2.61. The van der Waals surface area contributed by atoms with Crippen molar-refractivity contribution in [3.05, 3.63) is 68.1 Å². The highest BCUT2D eigenvalue weighted by Gasteiger charge is 2.28. The van der Waals surface area contributed by atoms with Crippen LogP contribution < -0.4 is 16.0 Å². The highest BCUT2D eigenvalue weighted by molar-refractivity contribution is 7.10. The van der Waals surface area contributed by atoms with Crippen LogP contribution in [-0.2, 0) is 20.7 Å². The number of benzene rings is 1. The third kappa shape index (κ3) is 9.60. The number of carbonyl (C=O) groups is 5. The van der Waals surface area contributed by atoms with Gasteiger partial charge in [0.25, 0.3) is 11.8 Å². The predicted molar refractivity (Wildman–Crippen MR) is 181 cm³/mol. The van der Waals surface area contributed by atoms with Gasteiger partial charge in [0.05, 0.1) is 18.6 Å². The third-order valence-corrected chi connectivity index (χ3v) is 9.90. The molecule has 0 unspecified atom stereocenters. The van der Waals surface area contributed by atoms with E-state index in [0.29, 0.717) is 55.3 Å². The number of rotatable bonds is 6. The summed E-state index contributed by atoms with van der Waals surface area (Å²) in [6, 6.07) is 8.83. The van der Waals surface area contributed by atoms with Crippen LogP contribution in [0.4, 0.5) is 4.79 Å². The monoisotopic (exact) mass is 695 g/mol. The smallest absolute Gasteiger partial charge is 0.410 e. The van der Waals surface area contributed by atoms with E-state index >= 15 is 0 Å². The molecule has 0 radical (unpaired) electrons. The number of aromatic nitrogens is 2. The number of carbonyl (C=O) groups excluding carboxylic acids is 5. The van der Waals surface area contributed by atoms with Crippen LogP contribution in [0.1, 0.15) is 88.2 Å². The highest BCUT2D eigenvalue weighted by Crippen LogP contribution is 2.27. The van der Waals surface area contributed by atoms with Crippen LogP contribution >= 0.6 is 22.7 Å². The molecule has 13 nitrogen and oxygen atoms in total. The van der Waals surface area contributed by atoms with Gasteiger partial charge in [-0.3, -0.25) is 24.1 Å². The summed E-state index contributed by atoms with van der Waals surface area (Å²) in [5, 5.41) is 13.6. The van der Waals surface area contributed by atoms with Crippen molar-refractivity contribution in [3.63, 3.8) is 0 Å². The van der Waals surface area contributed by atoms with E-state index in [1.807, 2.05) is 30.3 Å². The van der Waals surface area contributed by atoms with Crippen molar-refractivity contribution in [3.8, 4) is 0 Å². The maximum absolute atomic E-state index is 13.5. The van der Waals surface area contributed by atoms with Crippen molar-refractivity contribution in [1.82, 2.24) is 35.7 Å². The molecule has 48 heavy (non-hydrogen) atoms. The van der Waals surface area contributed by atoms with Crippen molar-refractivity contribution >= 4 is 52.4 Å². The number of nitrogens with zero attached hydrogens (tertiary/aromatic N) is 4. The first-order valence-electron chi connectivity index (χ1n) is 16.2. The van der Waals surface area contributed by atoms with E-state index in [9.17, 15) is 24.0 Å². The lowest BCUT2D eigenvalue weighted by molar-refractivity contribution is -0.132. The molecule has 3 N–H and O–H groups in total. The van der Waals surface area contributed by atoms with Crippen LogP contribution in [0.25, 0.3) is 0 Å². The van der Waals surface area contributed by atoms with E-state index in [4.69, 9.17) is 4.74 Å². The van der Waals surface area contributed by atoms with Gasteiger partial charge in [-0.1, -0.05) is 44.2 Å². The molecular formula is C33H41N7O6S2. The first kappa shape index (κ1) is 35.0. The van der Waals surface area contributed by atoms with Gasteiger partial charge in [0.15, 0.2) is 0 Å². The van der Waals surface area contributed by atoms with Gasteiger partial charge in [0, 0.05) is 36.8 Å². The molecule has 3 aromatic rings. The first-order valence-corrected chi connectivity index (χ1v) is 17.9. The summed E-state index contributed by atoms with van der Waals surface area (Å²) in [5.74, 6) is -0.910. The van der Waals surface area contributed by atoms with Crippen LogP contribution in [0.2, 0.25) is 0 Å². The summed E-state index contributed by atoms with van der Waals surface area (Å²) < 4.78 is 4.97. The zero-order valence-electron chi connectivity index (χ0n) is 27.1. The topological polar surface area (TPSA) is 163 Å². The van der Waals surface area contributed by atoms with Gasteiger partial charge in [-0.2, -0.15) is 0 Å². The number of hydrogen-bond acceptors (Lipinski definition) is 10.